The molecule has 2 aromatic rings. The van der Waals surface area contributed by atoms with Gasteiger partial charge in [0.15, 0.2) is 0 Å². The number of nitrogens with zero attached hydrogens (tertiary/aromatic N) is 1. The lowest BCUT2D eigenvalue weighted by Gasteiger charge is -2.10. The molecule has 0 saturated heterocycles. The molecule has 0 radical (unpaired) electrons. The molecule has 17 heavy (non-hydrogen) atoms. The van der Waals surface area contributed by atoms with Crippen LogP contribution in [0, 0.1) is 5.82 Å². The molecule has 5 heteroatoms. The maximum absolute atomic E-state index is 13.0. The highest BCUT2D eigenvalue weighted by molar-refractivity contribution is 5.64. The Morgan fingerprint density at radius 1 is 1.29 bits per heavy atom. The van der Waals surface area contributed by atoms with Crippen molar-refractivity contribution in [3.05, 3.63) is 42.2 Å². The van der Waals surface area contributed by atoms with Crippen LogP contribution in [0.25, 0.3) is 0 Å². The van der Waals surface area contributed by atoms with Crippen LogP contribution >= 0.6 is 0 Å². The van der Waals surface area contributed by atoms with Gasteiger partial charge in [-0.2, -0.15) is 0 Å². The number of benzene rings is 1. The van der Waals surface area contributed by atoms with Gasteiger partial charge in [-0.05, 0) is 24.3 Å². The van der Waals surface area contributed by atoms with Gasteiger partial charge in [0, 0.05) is 6.07 Å². The summed E-state index contributed by atoms with van der Waals surface area (Å²) in [5.41, 5.74) is 6.20. The Balaban J connectivity index is 2.29. The number of aromatic nitrogens is 1. The van der Waals surface area contributed by atoms with Gasteiger partial charge in [0.25, 0.3) is 0 Å². The van der Waals surface area contributed by atoms with E-state index in [1.165, 1.54) is 19.2 Å². The summed E-state index contributed by atoms with van der Waals surface area (Å²) in [7, 11) is 1.48. The van der Waals surface area contributed by atoms with Crippen LogP contribution in [-0.4, -0.2) is 12.1 Å². The van der Waals surface area contributed by atoms with Crippen molar-refractivity contribution in [2.75, 3.05) is 18.2 Å². The molecule has 0 unspecified atom stereocenters. The summed E-state index contributed by atoms with van der Waals surface area (Å²) in [4.78, 5) is 4.08. The molecule has 0 aliphatic carbocycles. The van der Waals surface area contributed by atoms with Crippen molar-refractivity contribution in [2.24, 2.45) is 0 Å². The normalized spacial score (nSPS) is 10.0. The van der Waals surface area contributed by atoms with Crippen molar-refractivity contribution in [1.29, 1.82) is 0 Å². The number of ether oxygens (including phenoxy) is 1. The summed E-state index contributed by atoms with van der Waals surface area (Å²) in [5.74, 6) is 1.05. The van der Waals surface area contributed by atoms with Gasteiger partial charge >= 0.3 is 0 Å². The van der Waals surface area contributed by atoms with E-state index in [1.54, 1.807) is 24.3 Å². The smallest absolute Gasteiger partial charge is 0.145 e. The van der Waals surface area contributed by atoms with E-state index in [1.807, 2.05) is 0 Å². The minimum Gasteiger partial charge on any atom is -0.494 e. The van der Waals surface area contributed by atoms with Crippen LogP contribution in [-0.2, 0) is 0 Å². The second-order valence-electron chi connectivity index (χ2n) is 3.42. The summed E-state index contributed by atoms with van der Waals surface area (Å²) in [6.07, 6.45) is 0. The zero-order valence-corrected chi connectivity index (χ0v) is 9.27. The fraction of sp³-hybridized carbons (Fsp3) is 0.0833. The number of nitrogens with one attached hydrogen (secondary N) is 1. The Labute approximate surface area is 98.2 Å². The first-order chi connectivity index (χ1) is 8.19. The van der Waals surface area contributed by atoms with Gasteiger partial charge in [-0.3, -0.25) is 0 Å². The average molecular weight is 233 g/mol. The van der Waals surface area contributed by atoms with Crippen LogP contribution in [0.3, 0.4) is 0 Å². The Morgan fingerprint density at radius 3 is 2.82 bits per heavy atom. The molecule has 0 amide bonds. The highest BCUT2D eigenvalue weighted by atomic mass is 19.1. The first kappa shape index (κ1) is 11.2. The van der Waals surface area contributed by atoms with Crippen molar-refractivity contribution in [3.8, 4) is 5.75 Å². The maximum Gasteiger partial charge on any atom is 0.145 e. The lowest BCUT2D eigenvalue weighted by atomic mass is 10.3. The van der Waals surface area contributed by atoms with E-state index < -0.39 is 0 Å². The highest BCUT2D eigenvalue weighted by Gasteiger charge is 2.05. The van der Waals surface area contributed by atoms with Gasteiger partial charge in [-0.25, -0.2) is 9.37 Å². The van der Waals surface area contributed by atoms with Gasteiger partial charge < -0.3 is 15.8 Å². The zero-order chi connectivity index (χ0) is 12.3. The molecule has 0 spiro atoms. The highest BCUT2D eigenvalue weighted by Crippen LogP contribution is 2.27. The number of hydrogen-bond acceptors (Lipinski definition) is 4. The van der Waals surface area contributed by atoms with E-state index in [0.717, 1.165) is 0 Å². The van der Waals surface area contributed by atoms with Crippen molar-refractivity contribution in [1.82, 2.24) is 4.98 Å². The summed E-state index contributed by atoms with van der Waals surface area (Å²) in [5, 5.41) is 3.01. The molecule has 0 atom stereocenters. The van der Waals surface area contributed by atoms with Crippen molar-refractivity contribution >= 4 is 17.3 Å². The standard InChI is InChI=1S/C12H12FN3O/c1-17-10-7-8(13)5-6-9(10)15-12-4-2-3-11(14)16-12/h2-7H,1H3,(H3,14,15,16). The largest absolute Gasteiger partial charge is 0.494 e. The Kier molecular flexibility index (Phi) is 3.09. The third kappa shape index (κ3) is 2.63. The predicted molar refractivity (Wildman–Crippen MR) is 64.9 cm³/mol. The van der Waals surface area contributed by atoms with Crippen molar-refractivity contribution in [3.63, 3.8) is 0 Å². The van der Waals surface area contributed by atoms with Crippen LogP contribution in [0.5, 0.6) is 5.75 Å². The van der Waals surface area contributed by atoms with Crippen LogP contribution in [0.15, 0.2) is 36.4 Å². The Morgan fingerprint density at radius 2 is 2.12 bits per heavy atom. The number of nitrogen functional groups attached to an aromatic ring is 1. The van der Waals surface area contributed by atoms with Crippen molar-refractivity contribution < 1.29 is 9.13 Å². The summed E-state index contributed by atoms with van der Waals surface area (Å²) in [6, 6.07) is 9.46. The molecular weight excluding hydrogens is 221 g/mol. The average Bonchev–Trinajstić information content (AvgIpc) is 2.31. The number of nitrogens with two attached hydrogens (primary N) is 1. The zero-order valence-electron chi connectivity index (χ0n) is 9.27. The molecule has 1 heterocycles. The number of methoxy groups -OCH3 is 1. The monoisotopic (exact) mass is 233 g/mol. The molecule has 1 aromatic carbocycles. The third-order valence-electron chi connectivity index (χ3n) is 2.20. The quantitative estimate of drug-likeness (QED) is 0.855. The number of pyridine rings is 1. The van der Waals surface area contributed by atoms with Gasteiger partial charge in [-0.15, -0.1) is 0 Å². The van der Waals surface area contributed by atoms with Crippen LogP contribution in [0.2, 0.25) is 0 Å². The number of halogens is 1. The molecule has 4 nitrogen and oxygen atoms in total. The SMILES string of the molecule is COc1cc(F)ccc1Nc1cccc(N)n1. The number of anilines is 3. The first-order valence-electron chi connectivity index (χ1n) is 5.02. The summed E-state index contributed by atoms with van der Waals surface area (Å²) in [6.45, 7) is 0. The van der Waals surface area contributed by atoms with Gasteiger partial charge in [0.1, 0.15) is 23.2 Å². The third-order valence-corrected chi connectivity index (χ3v) is 2.20. The molecule has 0 aliphatic rings. The lowest BCUT2D eigenvalue weighted by Crippen LogP contribution is -1.99. The molecular formula is C12H12FN3O. The lowest BCUT2D eigenvalue weighted by molar-refractivity contribution is 0.413. The van der Waals surface area contributed by atoms with Gasteiger partial charge in [0.05, 0.1) is 12.8 Å². The van der Waals surface area contributed by atoms with E-state index >= 15 is 0 Å². The van der Waals surface area contributed by atoms with Gasteiger partial charge in [-0.1, -0.05) is 6.07 Å². The fourth-order valence-electron chi connectivity index (χ4n) is 1.43. The second-order valence-corrected chi connectivity index (χ2v) is 3.42. The predicted octanol–water partition coefficient (Wildman–Crippen LogP) is 2.56. The minimum absolute atomic E-state index is 0.354. The molecule has 3 N–H and O–H groups in total. The van der Waals surface area contributed by atoms with E-state index in [-0.39, 0.29) is 5.82 Å². The fourth-order valence-corrected chi connectivity index (χ4v) is 1.43. The molecule has 88 valence electrons. The van der Waals surface area contributed by atoms with E-state index in [4.69, 9.17) is 10.5 Å². The summed E-state index contributed by atoms with van der Waals surface area (Å²) >= 11 is 0. The molecule has 1 aromatic heterocycles. The molecule has 0 aliphatic heterocycles. The molecule has 2 rings (SSSR count). The first-order valence-corrected chi connectivity index (χ1v) is 5.02. The van der Waals surface area contributed by atoms with E-state index in [9.17, 15) is 4.39 Å². The second kappa shape index (κ2) is 4.69. The van der Waals surface area contributed by atoms with Gasteiger partial charge in [0.2, 0.25) is 0 Å². The van der Waals surface area contributed by atoms with E-state index in [0.29, 0.717) is 23.1 Å². The number of rotatable bonds is 3. The van der Waals surface area contributed by atoms with Crippen LogP contribution in [0.1, 0.15) is 0 Å². The van der Waals surface area contributed by atoms with Crippen LogP contribution in [0.4, 0.5) is 21.7 Å². The van der Waals surface area contributed by atoms with E-state index in [2.05, 4.69) is 10.3 Å². The topological polar surface area (TPSA) is 60.2 Å². The van der Waals surface area contributed by atoms with Crippen LogP contribution < -0.4 is 15.8 Å². The number of hydrogen-bond donors (Lipinski definition) is 2. The Bertz CT molecular complexity index is 531. The molecule has 0 bridgehead atoms. The summed E-state index contributed by atoms with van der Waals surface area (Å²) < 4.78 is 18.1. The molecule has 0 fully saturated rings. The van der Waals surface area contributed by atoms with Crippen molar-refractivity contribution in [2.45, 2.75) is 0 Å². The minimum atomic E-state index is -0.354. The Hall–Kier alpha value is -2.30. The maximum atomic E-state index is 13.0. The molecule has 0 saturated carbocycles.